The minimum Gasteiger partial charge on any atom is -0.342 e. The molecule has 106 valence electrons. The molecule has 1 saturated heterocycles. The molecule has 3 rings (SSSR count). The molecule has 1 atom stereocenters. The Morgan fingerprint density at radius 1 is 1.45 bits per heavy atom. The number of hydrogen-bond donors (Lipinski definition) is 2. The van der Waals surface area contributed by atoms with Crippen molar-refractivity contribution in [2.45, 2.75) is 25.3 Å². The van der Waals surface area contributed by atoms with E-state index >= 15 is 0 Å². The van der Waals surface area contributed by atoms with Gasteiger partial charge in [0.1, 0.15) is 0 Å². The maximum Gasteiger partial charge on any atom is 0.264 e. The van der Waals surface area contributed by atoms with Gasteiger partial charge < -0.3 is 10.00 Å². The van der Waals surface area contributed by atoms with Gasteiger partial charge >= 0.3 is 0 Å². The number of nitrogens with one attached hydrogen (secondary N) is 2. The highest BCUT2D eigenvalue weighted by Crippen LogP contribution is 2.25. The van der Waals surface area contributed by atoms with E-state index in [1.165, 1.54) is 0 Å². The van der Waals surface area contributed by atoms with E-state index < -0.39 is 0 Å². The molecule has 2 aromatic rings. The van der Waals surface area contributed by atoms with Crippen molar-refractivity contribution in [2.24, 2.45) is 0 Å². The van der Waals surface area contributed by atoms with E-state index in [0.717, 1.165) is 18.7 Å². The first-order valence-corrected chi connectivity index (χ1v) is 6.75. The first-order valence-electron chi connectivity index (χ1n) is 6.75. The standard InChI is InChI=1S/C13H17N5O2/c19-12-8-11(15-16-12)10-2-6-17(9-10)13(20)3-7-18-5-1-4-14-18/h1,4-5,8,10H,2-3,6-7,9H2,(H2,15,16,19). The van der Waals surface area contributed by atoms with Crippen molar-refractivity contribution >= 4 is 5.91 Å². The number of nitrogens with zero attached hydrogens (tertiary/aromatic N) is 3. The van der Waals surface area contributed by atoms with Crippen LogP contribution in [0.1, 0.15) is 24.5 Å². The summed E-state index contributed by atoms with van der Waals surface area (Å²) in [5, 5.41) is 9.49. The fourth-order valence-corrected chi connectivity index (χ4v) is 2.61. The molecule has 0 aromatic carbocycles. The Morgan fingerprint density at radius 2 is 2.35 bits per heavy atom. The van der Waals surface area contributed by atoms with Crippen LogP contribution < -0.4 is 5.56 Å². The van der Waals surface area contributed by atoms with Gasteiger partial charge in [0.15, 0.2) is 0 Å². The first-order chi connectivity index (χ1) is 9.72. The molecule has 2 aromatic heterocycles. The molecule has 0 bridgehead atoms. The SMILES string of the molecule is O=C(CCn1cccn1)N1CCC(c2cc(=O)[nH][nH]2)C1. The zero-order chi connectivity index (χ0) is 13.9. The summed E-state index contributed by atoms with van der Waals surface area (Å²) in [6.07, 6.45) is 4.91. The van der Waals surface area contributed by atoms with Crippen molar-refractivity contribution in [2.75, 3.05) is 13.1 Å². The van der Waals surface area contributed by atoms with Crippen LogP contribution in [0.3, 0.4) is 0 Å². The molecule has 3 heterocycles. The Balaban J connectivity index is 1.54. The minimum absolute atomic E-state index is 0.122. The third-order valence-electron chi connectivity index (χ3n) is 3.71. The molecule has 20 heavy (non-hydrogen) atoms. The lowest BCUT2D eigenvalue weighted by molar-refractivity contribution is -0.130. The average molecular weight is 275 g/mol. The molecule has 1 aliphatic rings. The van der Waals surface area contributed by atoms with Crippen molar-refractivity contribution in [3.63, 3.8) is 0 Å². The highest BCUT2D eigenvalue weighted by Gasteiger charge is 2.28. The molecular weight excluding hydrogens is 258 g/mol. The number of likely N-dealkylation sites (tertiary alicyclic amines) is 1. The lowest BCUT2D eigenvalue weighted by Gasteiger charge is -2.16. The molecule has 1 fully saturated rings. The molecule has 1 amide bonds. The lowest BCUT2D eigenvalue weighted by atomic mass is 10.1. The van der Waals surface area contributed by atoms with Gasteiger partial charge in [-0.25, -0.2) is 0 Å². The van der Waals surface area contributed by atoms with Gasteiger partial charge in [-0.1, -0.05) is 0 Å². The second kappa shape index (κ2) is 5.36. The van der Waals surface area contributed by atoms with Gasteiger partial charge in [-0.05, 0) is 12.5 Å². The summed E-state index contributed by atoms with van der Waals surface area (Å²) >= 11 is 0. The van der Waals surface area contributed by atoms with Gasteiger partial charge in [0.2, 0.25) is 5.91 Å². The van der Waals surface area contributed by atoms with E-state index in [-0.39, 0.29) is 17.4 Å². The first kappa shape index (κ1) is 12.7. The maximum atomic E-state index is 12.1. The van der Waals surface area contributed by atoms with Gasteiger partial charge in [0, 0.05) is 56.1 Å². The predicted molar refractivity (Wildman–Crippen MR) is 72.2 cm³/mol. The Labute approximate surface area is 115 Å². The van der Waals surface area contributed by atoms with Crippen LogP contribution in [0.15, 0.2) is 29.3 Å². The van der Waals surface area contributed by atoms with E-state index in [0.29, 0.717) is 19.5 Å². The number of carbonyl (C=O) groups excluding carboxylic acids is 1. The number of aryl methyl sites for hydroxylation is 1. The van der Waals surface area contributed by atoms with Crippen LogP contribution in [0.4, 0.5) is 0 Å². The minimum atomic E-state index is -0.122. The van der Waals surface area contributed by atoms with Crippen LogP contribution in [-0.4, -0.2) is 43.9 Å². The quantitative estimate of drug-likeness (QED) is 0.841. The third kappa shape index (κ3) is 2.66. The molecule has 1 aliphatic heterocycles. The Morgan fingerprint density at radius 3 is 3.05 bits per heavy atom. The Hall–Kier alpha value is -2.31. The summed E-state index contributed by atoms with van der Waals surface area (Å²) in [4.78, 5) is 25.1. The van der Waals surface area contributed by atoms with Crippen LogP contribution in [-0.2, 0) is 11.3 Å². The number of aromatic nitrogens is 4. The number of carbonyl (C=O) groups is 1. The lowest BCUT2D eigenvalue weighted by Crippen LogP contribution is -2.29. The molecular formula is C13H17N5O2. The topological polar surface area (TPSA) is 86.8 Å². The smallest absolute Gasteiger partial charge is 0.264 e. The van der Waals surface area contributed by atoms with Crippen molar-refractivity contribution < 1.29 is 4.79 Å². The summed E-state index contributed by atoms with van der Waals surface area (Å²) in [6.45, 7) is 2.02. The summed E-state index contributed by atoms with van der Waals surface area (Å²) in [5.74, 6) is 0.364. The fourth-order valence-electron chi connectivity index (χ4n) is 2.61. The molecule has 7 nitrogen and oxygen atoms in total. The summed E-state index contributed by atoms with van der Waals surface area (Å²) in [7, 11) is 0. The zero-order valence-corrected chi connectivity index (χ0v) is 11.1. The molecule has 0 saturated carbocycles. The molecule has 0 spiro atoms. The van der Waals surface area contributed by atoms with Gasteiger partial charge in [-0.15, -0.1) is 0 Å². The van der Waals surface area contributed by atoms with Crippen molar-refractivity contribution in [1.82, 2.24) is 24.9 Å². The van der Waals surface area contributed by atoms with Crippen molar-refractivity contribution in [3.8, 4) is 0 Å². The highest BCUT2D eigenvalue weighted by molar-refractivity contribution is 5.76. The van der Waals surface area contributed by atoms with Gasteiger partial charge in [-0.3, -0.25) is 19.4 Å². The van der Waals surface area contributed by atoms with Crippen LogP contribution in [0, 0.1) is 0 Å². The largest absolute Gasteiger partial charge is 0.342 e. The van der Waals surface area contributed by atoms with E-state index in [1.807, 2.05) is 17.2 Å². The number of amides is 1. The summed E-state index contributed by atoms with van der Waals surface area (Å²) < 4.78 is 1.76. The van der Waals surface area contributed by atoms with Crippen LogP contribution in [0.25, 0.3) is 0 Å². The number of rotatable bonds is 4. The zero-order valence-electron chi connectivity index (χ0n) is 11.1. The Kier molecular flexibility index (Phi) is 3.41. The molecule has 1 unspecified atom stereocenters. The number of hydrogen-bond acceptors (Lipinski definition) is 3. The third-order valence-corrected chi connectivity index (χ3v) is 3.71. The second-order valence-electron chi connectivity index (χ2n) is 5.06. The normalized spacial score (nSPS) is 18.6. The maximum absolute atomic E-state index is 12.1. The van der Waals surface area contributed by atoms with E-state index in [1.54, 1.807) is 16.9 Å². The number of aromatic amines is 2. The Bertz CT molecular complexity index is 627. The fraction of sp³-hybridized carbons (Fsp3) is 0.462. The van der Waals surface area contributed by atoms with Crippen molar-refractivity contribution in [1.29, 1.82) is 0 Å². The monoisotopic (exact) mass is 275 g/mol. The molecule has 0 radical (unpaired) electrons. The van der Waals surface area contributed by atoms with Crippen molar-refractivity contribution in [3.05, 3.63) is 40.6 Å². The van der Waals surface area contributed by atoms with E-state index in [2.05, 4.69) is 15.3 Å². The molecule has 7 heteroatoms. The summed E-state index contributed by atoms with van der Waals surface area (Å²) in [5.41, 5.74) is 0.765. The predicted octanol–water partition coefficient (Wildman–Crippen LogP) is 0.306. The molecule has 0 aliphatic carbocycles. The molecule has 2 N–H and O–H groups in total. The van der Waals surface area contributed by atoms with Gasteiger partial charge in [0.05, 0.1) is 0 Å². The van der Waals surface area contributed by atoms with Gasteiger partial charge in [0.25, 0.3) is 5.56 Å². The van der Waals surface area contributed by atoms with Crippen LogP contribution in [0.5, 0.6) is 0 Å². The second-order valence-corrected chi connectivity index (χ2v) is 5.06. The number of H-pyrrole nitrogens is 2. The summed E-state index contributed by atoms with van der Waals surface area (Å²) in [6, 6.07) is 3.42. The average Bonchev–Trinajstić information content (AvgIpc) is 3.16. The van der Waals surface area contributed by atoms with Crippen LogP contribution in [0.2, 0.25) is 0 Å². The van der Waals surface area contributed by atoms with E-state index in [9.17, 15) is 9.59 Å². The van der Waals surface area contributed by atoms with E-state index in [4.69, 9.17) is 0 Å². The van der Waals surface area contributed by atoms with Gasteiger partial charge in [-0.2, -0.15) is 5.10 Å². The highest BCUT2D eigenvalue weighted by atomic mass is 16.2. The van der Waals surface area contributed by atoms with Crippen LogP contribution >= 0.6 is 0 Å².